The Hall–Kier alpha value is -2.88. The van der Waals surface area contributed by atoms with E-state index in [1.54, 1.807) is 44.2 Å². The number of hydrogen-bond donors (Lipinski definition) is 0. The van der Waals surface area contributed by atoms with Crippen LogP contribution in [-0.4, -0.2) is 48.3 Å². The second-order valence-corrected chi connectivity index (χ2v) is 9.90. The zero-order chi connectivity index (χ0) is 26.3. The van der Waals surface area contributed by atoms with Crippen molar-refractivity contribution in [3.8, 4) is 0 Å². The van der Waals surface area contributed by atoms with Gasteiger partial charge in [-0.05, 0) is 62.9 Å². The van der Waals surface area contributed by atoms with Crippen LogP contribution < -0.4 is 0 Å². The highest BCUT2D eigenvalue weighted by atomic mass is 79.9. The summed E-state index contributed by atoms with van der Waals surface area (Å²) in [5.41, 5.74) is 1.03. The molecular weight excluding hydrogens is 538 g/mol. The van der Waals surface area contributed by atoms with Crippen molar-refractivity contribution in [2.24, 2.45) is 5.18 Å². The molecule has 1 fully saturated rings. The van der Waals surface area contributed by atoms with Crippen molar-refractivity contribution in [3.05, 3.63) is 74.6 Å². The van der Waals surface area contributed by atoms with E-state index in [0.29, 0.717) is 29.4 Å². The summed E-state index contributed by atoms with van der Waals surface area (Å²) in [6.45, 7) is 4.04. The minimum absolute atomic E-state index is 0.176. The van der Waals surface area contributed by atoms with Gasteiger partial charge >= 0.3 is 12.1 Å². The molecule has 36 heavy (non-hydrogen) atoms. The van der Waals surface area contributed by atoms with E-state index < -0.39 is 24.0 Å². The fourth-order valence-corrected chi connectivity index (χ4v) is 4.52. The molecule has 194 valence electrons. The fraction of sp³-hybridized carbons (Fsp3) is 0.462. The molecule has 0 aromatic heterocycles. The van der Waals surface area contributed by atoms with Crippen molar-refractivity contribution < 1.29 is 27.8 Å². The first-order valence-corrected chi connectivity index (χ1v) is 12.6. The van der Waals surface area contributed by atoms with Crippen molar-refractivity contribution in [2.45, 2.75) is 63.6 Å². The highest BCUT2D eigenvalue weighted by molar-refractivity contribution is 9.10. The Morgan fingerprint density at radius 1 is 1.25 bits per heavy atom. The summed E-state index contributed by atoms with van der Waals surface area (Å²) in [6.07, 6.45) is 0.230. The molecule has 10 heteroatoms. The molecule has 1 aliphatic heterocycles. The van der Waals surface area contributed by atoms with Crippen molar-refractivity contribution in [1.82, 2.24) is 4.90 Å². The van der Waals surface area contributed by atoms with Gasteiger partial charge in [-0.15, -0.1) is 0 Å². The molecule has 1 amide bonds. The molecule has 0 aliphatic carbocycles. The lowest BCUT2D eigenvalue weighted by Crippen LogP contribution is -2.47. The number of amides is 1. The number of alkyl halides is 2. The lowest BCUT2D eigenvalue weighted by Gasteiger charge is -2.36. The standard InChI is InChI=1S/C26H29BrF2N2O5/c1-17(2)36-24(32)19-8-6-18(7-9-19)12-14-31-22(13-15-35-25(31)33)10-11-23(30-34)26(28,29)20-4-3-5-21(27)16-20/h3-9,16-17,22-23H,10-15H2,1-2H3/t22?,23-/m1/s1. The van der Waals surface area contributed by atoms with Gasteiger partial charge in [0, 0.05) is 29.0 Å². The summed E-state index contributed by atoms with van der Waals surface area (Å²) >= 11 is 3.18. The quantitative estimate of drug-likeness (QED) is 0.229. The fourth-order valence-electron chi connectivity index (χ4n) is 4.12. The van der Waals surface area contributed by atoms with Crippen molar-refractivity contribution in [3.63, 3.8) is 0 Å². The summed E-state index contributed by atoms with van der Waals surface area (Å²) < 4.78 is 40.8. The Labute approximate surface area is 217 Å². The van der Waals surface area contributed by atoms with E-state index in [9.17, 15) is 14.5 Å². The first-order valence-electron chi connectivity index (χ1n) is 11.8. The maximum Gasteiger partial charge on any atom is 0.410 e. The number of benzene rings is 2. The summed E-state index contributed by atoms with van der Waals surface area (Å²) in [5.74, 6) is -3.85. The first-order chi connectivity index (χ1) is 17.1. The normalized spacial score (nSPS) is 17.0. The number of nitroso groups, excluding NO2 is 1. The molecule has 0 bridgehead atoms. The molecule has 2 aromatic rings. The highest BCUT2D eigenvalue weighted by Crippen LogP contribution is 2.37. The van der Waals surface area contributed by atoms with Crippen LogP contribution in [0.15, 0.2) is 58.2 Å². The Kier molecular flexibility index (Phi) is 9.53. The van der Waals surface area contributed by atoms with Gasteiger partial charge in [0.25, 0.3) is 5.92 Å². The minimum Gasteiger partial charge on any atom is -0.459 e. The second-order valence-electron chi connectivity index (χ2n) is 8.98. The van der Waals surface area contributed by atoms with Crippen molar-refractivity contribution >= 4 is 28.0 Å². The molecule has 1 heterocycles. The number of esters is 1. The third-order valence-electron chi connectivity index (χ3n) is 6.05. The topological polar surface area (TPSA) is 85.3 Å². The van der Waals surface area contributed by atoms with Gasteiger partial charge in [-0.1, -0.05) is 45.4 Å². The van der Waals surface area contributed by atoms with E-state index in [1.807, 2.05) is 0 Å². The third-order valence-corrected chi connectivity index (χ3v) is 6.55. The lowest BCUT2D eigenvalue weighted by atomic mass is 9.94. The van der Waals surface area contributed by atoms with Crippen molar-refractivity contribution in [2.75, 3.05) is 13.2 Å². The Morgan fingerprint density at radius 2 is 1.97 bits per heavy atom. The van der Waals surface area contributed by atoms with E-state index in [2.05, 4.69) is 21.1 Å². The Morgan fingerprint density at radius 3 is 2.61 bits per heavy atom. The number of carbonyl (C=O) groups is 2. The lowest BCUT2D eigenvalue weighted by molar-refractivity contribution is -0.0368. The van der Waals surface area contributed by atoms with Crippen LogP contribution in [0.5, 0.6) is 0 Å². The maximum absolute atomic E-state index is 15.0. The molecule has 1 unspecified atom stereocenters. The van der Waals surface area contributed by atoms with Crippen LogP contribution >= 0.6 is 15.9 Å². The van der Waals surface area contributed by atoms with Gasteiger partial charge in [0.2, 0.25) is 0 Å². The molecule has 0 N–H and O–H groups in total. The molecule has 2 aromatic carbocycles. The van der Waals surface area contributed by atoms with Gasteiger partial charge in [-0.3, -0.25) is 0 Å². The number of cyclic esters (lactones) is 1. The van der Waals surface area contributed by atoms with Crippen LogP contribution in [0, 0.1) is 4.91 Å². The van der Waals surface area contributed by atoms with Gasteiger partial charge in [-0.25, -0.2) is 9.59 Å². The van der Waals surface area contributed by atoms with E-state index in [4.69, 9.17) is 9.47 Å². The zero-order valence-corrected chi connectivity index (χ0v) is 21.7. The van der Waals surface area contributed by atoms with Crippen LogP contribution in [0.3, 0.4) is 0 Å². The molecule has 1 aliphatic rings. The van der Waals surface area contributed by atoms with Crippen molar-refractivity contribution in [1.29, 1.82) is 0 Å². The summed E-state index contributed by atoms with van der Waals surface area (Å²) in [4.78, 5) is 37.4. The average molecular weight is 567 g/mol. The maximum atomic E-state index is 15.0. The number of hydrogen-bond acceptors (Lipinski definition) is 6. The van der Waals surface area contributed by atoms with E-state index in [-0.39, 0.29) is 37.2 Å². The molecule has 0 saturated carbocycles. The second kappa shape index (κ2) is 12.4. The monoisotopic (exact) mass is 566 g/mol. The molecule has 0 spiro atoms. The smallest absolute Gasteiger partial charge is 0.410 e. The largest absolute Gasteiger partial charge is 0.459 e. The minimum atomic E-state index is -3.44. The summed E-state index contributed by atoms with van der Waals surface area (Å²) in [7, 11) is 0. The zero-order valence-electron chi connectivity index (χ0n) is 20.2. The molecule has 1 saturated heterocycles. The van der Waals surface area contributed by atoms with Gasteiger partial charge in [-0.2, -0.15) is 13.7 Å². The number of ether oxygens (including phenoxy) is 2. The molecular formula is C26H29BrF2N2O5. The summed E-state index contributed by atoms with van der Waals surface area (Å²) in [6, 6.07) is 10.4. The average Bonchev–Trinajstić information content (AvgIpc) is 2.83. The van der Waals surface area contributed by atoms with Crippen LogP contribution in [0.25, 0.3) is 0 Å². The Bertz CT molecular complexity index is 1060. The first kappa shape index (κ1) is 27.7. The third kappa shape index (κ3) is 7.09. The molecule has 2 atom stereocenters. The van der Waals surface area contributed by atoms with Crippen LogP contribution in [0.1, 0.15) is 54.6 Å². The van der Waals surface area contributed by atoms with E-state index in [1.165, 1.54) is 23.1 Å². The predicted molar refractivity (Wildman–Crippen MR) is 134 cm³/mol. The summed E-state index contributed by atoms with van der Waals surface area (Å²) in [5, 5.41) is 2.74. The van der Waals surface area contributed by atoms with Gasteiger partial charge in [0.15, 0.2) is 6.04 Å². The molecule has 0 radical (unpaired) electrons. The van der Waals surface area contributed by atoms with Crippen LogP contribution in [-0.2, 0) is 21.8 Å². The predicted octanol–water partition coefficient (Wildman–Crippen LogP) is 6.47. The molecule has 3 rings (SSSR count). The van der Waals surface area contributed by atoms with Gasteiger partial charge in [0.05, 0.1) is 18.3 Å². The van der Waals surface area contributed by atoms with E-state index in [0.717, 1.165) is 5.56 Å². The molecule has 7 nitrogen and oxygen atoms in total. The number of nitrogens with zero attached hydrogens (tertiary/aromatic N) is 2. The number of rotatable bonds is 11. The SMILES string of the molecule is CC(C)OC(=O)c1ccc(CCN2C(=O)OCCC2CC[C@@H](N=O)C(F)(F)c2cccc(Br)c2)cc1. The van der Waals surface area contributed by atoms with Gasteiger partial charge < -0.3 is 14.4 Å². The van der Waals surface area contributed by atoms with Gasteiger partial charge in [0.1, 0.15) is 0 Å². The highest BCUT2D eigenvalue weighted by Gasteiger charge is 2.43. The van der Waals surface area contributed by atoms with Crippen LogP contribution in [0.2, 0.25) is 0 Å². The number of halogens is 3. The van der Waals surface area contributed by atoms with E-state index >= 15 is 8.78 Å². The van der Waals surface area contributed by atoms with Crippen LogP contribution in [0.4, 0.5) is 13.6 Å². The Balaban J connectivity index is 1.62. The number of carbonyl (C=O) groups excluding carboxylic acids is 2.